The molecule has 4 nitrogen and oxygen atoms in total. The largest absolute Gasteiger partial charge is 0.381 e. The molecular weight excluding hydrogens is 267 g/mol. The van der Waals surface area contributed by atoms with E-state index in [1.165, 1.54) is 6.07 Å². The van der Waals surface area contributed by atoms with E-state index in [-0.39, 0.29) is 11.4 Å². The Hall–Kier alpha value is -2.35. The van der Waals surface area contributed by atoms with Gasteiger partial charge in [-0.3, -0.25) is 4.68 Å². The molecule has 2 aromatic rings. The van der Waals surface area contributed by atoms with Gasteiger partial charge in [-0.2, -0.15) is 10.4 Å². The lowest BCUT2D eigenvalue weighted by Gasteiger charge is -2.18. The average Bonchev–Trinajstić information content (AvgIpc) is 2.89. The Morgan fingerprint density at radius 2 is 2.10 bits per heavy atom. The van der Waals surface area contributed by atoms with Crippen molar-refractivity contribution in [3.05, 3.63) is 47.0 Å². The lowest BCUT2D eigenvalue weighted by Crippen LogP contribution is -2.22. The molecule has 0 aliphatic carbocycles. The van der Waals surface area contributed by atoms with Gasteiger partial charge in [0, 0.05) is 29.6 Å². The number of halogens is 1. The normalized spacial score (nSPS) is 11.2. The topological polar surface area (TPSA) is 53.6 Å². The summed E-state index contributed by atoms with van der Waals surface area (Å²) in [6.45, 7) is 8.45. The minimum atomic E-state index is -0.373. The fourth-order valence-electron chi connectivity index (χ4n) is 1.94. The number of nitriles is 1. The summed E-state index contributed by atoms with van der Waals surface area (Å²) in [5.41, 5.74) is 2.39. The molecule has 1 aromatic carbocycles. The van der Waals surface area contributed by atoms with E-state index in [9.17, 15) is 4.39 Å². The third-order valence-corrected chi connectivity index (χ3v) is 3.28. The summed E-state index contributed by atoms with van der Waals surface area (Å²) in [6.07, 6.45) is 3.75. The first-order chi connectivity index (χ1) is 9.81. The van der Waals surface area contributed by atoms with E-state index in [0.29, 0.717) is 23.4 Å². The van der Waals surface area contributed by atoms with E-state index < -0.39 is 0 Å². The monoisotopic (exact) mass is 286 g/mol. The Morgan fingerprint density at radius 3 is 2.67 bits per heavy atom. The highest BCUT2D eigenvalue weighted by molar-refractivity contribution is 5.56. The van der Waals surface area contributed by atoms with Gasteiger partial charge in [-0.15, -0.1) is 0 Å². The Bertz CT molecular complexity index is 689. The smallest absolute Gasteiger partial charge is 0.129 e. The lowest BCUT2D eigenvalue weighted by molar-refractivity contribution is 0.355. The van der Waals surface area contributed by atoms with Crippen LogP contribution >= 0.6 is 0 Å². The summed E-state index contributed by atoms with van der Waals surface area (Å²) in [5, 5.41) is 16.4. The highest BCUT2D eigenvalue weighted by atomic mass is 19.1. The molecule has 0 amide bonds. The van der Waals surface area contributed by atoms with Gasteiger partial charge in [0.1, 0.15) is 5.82 Å². The SMILES string of the molecule is Cc1c(F)cc(C#N)cc1NCc1cnn(C(C)(C)C)c1. The van der Waals surface area contributed by atoms with Crippen molar-refractivity contribution in [3.63, 3.8) is 0 Å². The van der Waals surface area contributed by atoms with E-state index in [1.807, 2.05) is 16.9 Å². The number of anilines is 1. The molecule has 0 atom stereocenters. The molecule has 0 aliphatic heterocycles. The molecule has 0 spiro atoms. The molecule has 0 saturated heterocycles. The highest BCUT2D eigenvalue weighted by Gasteiger charge is 2.14. The first-order valence-corrected chi connectivity index (χ1v) is 6.79. The number of hydrogen-bond donors (Lipinski definition) is 1. The molecule has 0 radical (unpaired) electrons. The van der Waals surface area contributed by atoms with Crippen LogP contribution in [0.2, 0.25) is 0 Å². The predicted molar refractivity (Wildman–Crippen MR) is 80.4 cm³/mol. The molecule has 0 unspecified atom stereocenters. The molecule has 110 valence electrons. The number of nitrogens with one attached hydrogen (secondary N) is 1. The Kier molecular flexibility index (Phi) is 3.99. The highest BCUT2D eigenvalue weighted by Crippen LogP contribution is 2.21. The van der Waals surface area contributed by atoms with Crippen LogP contribution in [0, 0.1) is 24.1 Å². The van der Waals surface area contributed by atoms with Gasteiger partial charge in [0.05, 0.1) is 23.4 Å². The molecular formula is C16H19FN4. The van der Waals surface area contributed by atoms with Gasteiger partial charge in [0.2, 0.25) is 0 Å². The number of hydrogen-bond acceptors (Lipinski definition) is 3. The van der Waals surface area contributed by atoms with E-state index >= 15 is 0 Å². The summed E-state index contributed by atoms with van der Waals surface area (Å²) in [4.78, 5) is 0. The number of nitrogens with zero attached hydrogens (tertiary/aromatic N) is 3. The average molecular weight is 286 g/mol. The van der Waals surface area contributed by atoms with Gasteiger partial charge in [-0.1, -0.05) is 0 Å². The third kappa shape index (κ3) is 3.40. The number of aromatic nitrogens is 2. The zero-order chi connectivity index (χ0) is 15.6. The fraction of sp³-hybridized carbons (Fsp3) is 0.375. The van der Waals surface area contributed by atoms with Gasteiger partial charge in [0.15, 0.2) is 0 Å². The van der Waals surface area contributed by atoms with E-state index in [2.05, 4.69) is 31.2 Å². The van der Waals surface area contributed by atoms with Crippen LogP contribution in [-0.4, -0.2) is 9.78 Å². The van der Waals surface area contributed by atoms with E-state index in [0.717, 1.165) is 5.56 Å². The molecule has 1 aromatic heterocycles. The minimum absolute atomic E-state index is 0.0685. The molecule has 0 fully saturated rings. The van der Waals surface area contributed by atoms with Crippen molar-refractivity contribution in [1.82, 2.24) is 9.78 Å². The zero-order valence-corrected chi connectivity index (χ0v) is 12.7. The van der Waals surface area contributed by atoms with Crippen molar-refractivity contribution in [2.75, 3.05) is 5.32 Å². The van der Waals surface area contributed by atoms with Crippen LogP contribution in [0.25, 0.3) is 0 Å². The maximum Gasteiger partial charge on any atom is 0.129 e. The summed E-state index contributed by atoms with van der Waals surface area (Å²) in [5.74, 6) is -0.373. The minimum Gasteiger partial charge on any atom is -0.381 e. The van der Waals surface area contributed by atoms with Crippen LogP contribution in [-0.2, 0) is 12.1 Å². The van der Waals surface area contributed by atoms with Crippen molar-refractivity contribution in [1.29, 1.82) is 5.26 Å². The summed E-state index contributed by atoms with van der Waals surface area (Å²) in [7, 11) is 0. The molecule has 21 heavy (non-hydrogen) atoms. The first kappa shape index (κ1) is 15.0. The summed E-state index contributed by atoms with van der Waals surface area (Å²) >= 11 is 0. The second-order valence-corrected chi connectivity index (χ2v) is 6.06. The first-order valence-electron chi connectivity index (χ1n) is 6.79. The Morgan fingerprint density at radius 1 is 1.38 bits per heavy atom. The van der Waals surface area contributed by atoms with Crippen molar-refractivity contribution in [3.8, 4) is 6.07 Å². The Balaban J connectivity index is 2.15. The molecule has 5 heteroatoms. The van der Waals surface area contributed by atoms with Gasteiger partial charge < -0.3 is 5.32 Å². The fourth-order valence-corrected chi connectivity index (χ4v) is 1.94. The molecule has 0 saturated carbocycles. The van der Waals surface area contributed by atoms with Crippen LogP contribution in [0.1, 0.15) is 37.5 Å². The van der Waals surface area contributed by atoms with Crippen LogP contribution in [0.3, 0.4) is 0 Å². The maximum absolute atomic E-state index is 13.7. The van der Waals surface area contributed by atoms with Crippen LogP contribution < -0.4 is 5.32 Å². The molecule has 2 rings (SSSR count). The molecule has 1 heterocycles. The Labute approximate surface area is 124 Å². The lowest BCUT2D eigenvalue weighted by atomic mass is 10.1. The summed E-state index contributed by atoms with van der Waals surface area (Å²) in [6, 6.07) is 4.87. The van der Waals surface area contributed by atoms with Crippen LogP contribution in [0.15, 0.2) is 24.5 Å². The van der Waals surface area contributed by atoms with Gasteiger partial charge in [0.25, 0.3) is 0 Å². The van der Waals surface area contributed by atoms with Crippen LogP contribution in [0.4, 0.5) is 10.1 Å². The second kappa shape index (κ2) is 5.57. The number of rotatable bonds is 3. The molecule has 1 N–H and O–H groups in total. The summed E-state index contributed by atoms with van der Waals surface area (Å²) < 4.78 is 15.6. The zero-order valence-electron chi connectivity index (χ0n) is 12.7. The molecule has 0 aliphatic rings. The maximum atomic E-state index is 13.7. The van der Waals surface area contributed by atoms with Crippen molar-refractivity contribution in [2.45, 2.75) is 39.8 Å². The quantitative estimate of drug-likeness (QED) is 0.938. The van der Waals surface area contributed by atoms with Crippen molar-refractivity contribution < 1.29 is 4.39 Å². The molecule has 0 bridgehead atoms. The third-order valence-electron chi connectivity index (χ3n) is 3.28. The van der Waals surface area contributed by atoms with Gasteiger partial charge >= 0.3 is 0 Å². The second-order valence-electron chi connectivity index (χ2n) is 6.06. The van der Waals surface area contributed by atoms with E-state index in [4.69, 9.17) is 5.26 Å². The van der Waals surface area contributed by atoms with Crippen LogP contribution in [0.5, 0.6) is 0 Å². The van der Waals surface area contributed by atoms with Crippen molar-refractivity contribution in [2.24, 2.45) is 0 Å². The van der Waals surface area contributed by atoms with Gasteiger partial charge in [-0.05, 0) is 39.8 Å². The van der Waals surface area contributed by atoms with E-state index in [1.54, 1.807) is 19.2 Å². The van der Waals surface area contributed by atoms with Gasteiger partial charge in [-0.25, -0.2) is 4.39 Å². The standard InChI is InChI=1S/C16H19FN4/c1-11-14(17)5-12(7-18)6-15(11)19-8-13-9-20-21(10-13)16(2,3)4/h5-6,9-10,19H,8H2,1-4H3. The van der Waals surface area contributed by atoms with Crippen molar-refractivity contribution >= 4 is 5.69 Å². The predicted octanol–water partition coefficient (Wildman–Crippen LogP) is 3.57. The number of benzene rings is 1.